The molecule has 1 rings (SSSR count). The first kappa shape index (κ1) is 23.2. The Kier molecular flexibility index (Phi) is 9.17. The topological polar surface area (TPSA) is 107 Å². The molecule has 0 aliphatic heterocycles. The van der Waals surface area contributed by atoms with E-state index in [1.54, 1.807) is 19.1 Å². The van der Waals surface area contributed by atoms with Gasteiger partial charge in [0.05, 0.1) is 11.3 Å². The molecule has 0 atom stereocenters. The van der Waals surface area contributed by atoms with Crippen molar-refractivity contribution in [1.82, 2.24) is 0 Å². The Morgan fingerprint density at radius 1 is 1.08 bits per heavy atom. The Bertz CT molecular complexity index is 643. The molecule has 0 aromatic heterocycles. The van der Waals surface area contributed by atoms with Crippen LogP contribution in [0.3, 0.4) is 0 Å². The van der Waals surface area contributed by atoms with Crippen molar-refractivity contribution in [1.29, 1.82) is 0 Å². The van der Waals surface area contributed by atoms with E-state index in [-0.39, 0.29) is 11.5 Å². The van der Waals surface area contributed by atoms with Gasteiger partial charge < -0.3 is 20.4 Å². The number of hydrogen-bond donors (Lipinski definition) is 3. The lowest BCUT2D eigenvalue weighted by atomic mass is 10.1. The highest BCUT2D eigenvalue weighted by Gasteiger charge is 2.38. The van der Waals surface area contributed by atoms with Crippen LogP contribution in [0.4, 0.5) is 24.5 Å². The van der Waals surface area contributed by atoms with E-state index in [1.165, 1.54) is 6.07 Å². The number of carboxylic acid groups (broad SMARTS) is 2. The zero-order valence-corrected chi connectivity index (χ0v) is 14.6. The second kappa shape index (κ2) is 10.3. The molecule has 10 heteroatoms. The Morgan fingerprint density at radius 3 is 1.92 bits per heavy atom. The van der Waals surface area contributed by atoms with E-state index in [2.05, 4.69) is 5.32 Å². The molecule has 146 valence electrons. The average molecular weight is 378 g/mol. The van der Waals surface area contributed by atoms with E-state index < -0.39 is 18.1 Å². The van der Waals surface area contributed by atoms with Gasteiger partial charge in [0.2, 0.25) is 5.91 Å². The molecule has 0 heterocycles. The number of nitrogens with zero attached hydrogens (tertiary/aromatic N) is 1. The van der Waals surface area contributed by atoms with Gasteiger partial charge >= 0.3 is 18.1 Å². The molecule has 7 nitrogen and oxygen atoms in total. The number of amides is 1. The van der Waals surface area contributed by atoms with Gasteiger partial charge in [-0.3, -0.25) is 4.79 Å². The number of hydrogen-bond acceptors (Lipinski definition) is 4. The normalized spacial score (nSPS) is 10.4. The van der Waals surface area contributed by atoms with Crippen molar-refractivity contribution in [3.63, 3.8) is 0 Å². The highest BCUT2D eigenvalue weighted by atomic mass is 19.4. The minimum absolute atomic E-state index is 0.132. The molecule has 0 bridgehead atoms. The largest absolute Gasteiger partial charge is 0.490 e. The van der Waals surface area contributed by atoms with Gasteiger partial charge in [-0.2, -0.15) is 13.2 Å². The van der Waals surface area contributed by atoms with Crippen molar-refractivity contribution < 1.29 is 37.8 Å². The van der Waals surface area contributed by atoms with Crippen LogP contribution in [0.2, 0.25) is 0 Å². The summed E-state index contributed by atoms with van der Waals surface area (Å²) in [5.41, 5.74) is 1.39. The van der Waals surface area contributed by atoms with Gasteiger partial charge in [-0.05, 0) is 32.0 Å². The number of carbonyl (C=O) groups excluding carboxylic acids is 1. The number of aromatic carboxylic acids is 1. The predicted molar refractivity (Wildman–Crippen MR) is 89.6 cm³/mol. The number of nitrogens with one attached hydrogen (secondary N) is 1. The van der Waals surface area contributed by atoms with Gasteiger partial charge in [0, 0.05) is 25.2 Å². The lowest BCUT2D eigenvalue weighted by Crippen LogP contribution is -2.24. The molecule has 0 saturated heterocycles. The van der Waals surface area contributed by atoms with Gasteiger partial charge in [0.15, 0.2) is 0 Å². The second-order valence-electron chi connectivity index (χ2n) is 4.91. The van der Waals surface area contributed by atoms with Gasteiger partial charge in [-0.15, -0.1) is 0 Å². The minimum Gasteiger partial charge on any atom is -0.478 e. The Labute approximate surface area is 148 Å². The first-order valence-electron chi connectivity index (χ1n) is 7.70. The Morgan fingerprint density at radius 2 is 1.58 bits per heavy atom. The number of halogens is 3. The predicted octanol–water partition coefficient (Wildman–Crippen LogP) is 3.21. The number of rotatable bonds is 6. The first-order valence-corrected chi connectivity index (χ1v) is 7.70. The summed E-state index contributed by atoms with van der Waals surface area (Å²) < 4.78 is 31.7. The molecule has 0 fully saturated rings. The van der Waals surface area contributed by atoms with Crippen molar-refractivity contribution in [2.24, 2.45) is 0 Å². The van der Waals surface area contributed by atoms with Crippen molar-refractivity contribution in [3.8, 4) is 0 Å². The van der Waals surface area contributed by atoms with E-state index in [0.717, 1.165) is 13.1 Å². The fraction of sp³-hybridized carbons (Fsp3) is 0.438. The third kappa shape index (κ3) is 7.41. The first-order chi connectivity index (χ1) is 12.0. The lowest BCUT2D eigenvalue weighted by molar-refractivity contribution is -0.192. The molecule has 1 amide bonds. The summed E-state index contributed by atoms with van der Waals surface area (Å²) >= 11 is 0. The van der Waals surface area contributed by atoms with E-state index in [1.807, 2.05) is 18.7 Å². The second-order valence-corrected chi connectivity index (χ2v) is 4.91. The highest BCUT2D eigenvalue weighted by Crippen LogP contribution is 2.24. The number of aliphatic carboxylic acids is 1. The molecular formula is C16H21F3N2O5. The quantitative estimate of drug-likeness (QED) is 0.702. The highest BCUT2D eigenvalue weighted by molar-refractivity contribution is 5.98. The van der Waals surface area contributed by atoms with Crippen LogP contribution in [-0.2, 0) is 9.59 Å². The summed E-state index contributed by atoms with van der Waals surface area (Å²) in [7, 11) is 0. The van der Waals surface area contributed by atoms with E-state index in [4.69, 9.17) is 9.90 Å². The van der Waals surface area contributed by atoms with Crippen LogP contribution in [-0.4, -0.2) is 47.3 Å². The van der Waals surface area contributed by atoms with Crippen LogP contribution >= 0.6 is 0 Å². The van der Waals surface area contributed by atoms with Crippen LogP contribution in [0.5, 0.6) is 0 Å². The molecule has 0 saturated carbocycles. The van der Waals surface area contributed by atoms with E-state index >= 15 is 0 Å². The molecule has 26 heavy (non-hydrogen) atoms. The molecule has 0 radical (unpaired) electrons. The summed E-state index contributed by atoms with van der Waals surface area (Å²) in [6, 6.07) is 4.97. The van der Waals surface area contributed by atoms with Gasteiger partial charge in [-0.1, -0.05) is 6.92 Å². The lowest BCUT2D eigenvalue weighted by Gasteiger charge is -2.23. The molecule has 0 spiro atoms. The van der Waals surface area contributed by atoms with Gasteiger partial charge in [0.1, 0.15) is 0 Å². The molecule has 1 aromatic carbocycles. The third-order valence-corrected chi connectivity index (χ3v) is 3.18. The monoisotopic (exact) mass is 378 g/mol. The molecule has 3 N–H and O–H groups in total. The summed E-state index contributed by atoms with van der Waals surface area (Å²) in [5.74, 6) is -3.88. The maximum Gasteiger partial charge on any atom is 0.490 e. The van der Waals surface area contributed by atoms with Crippen LogP contribution < -0.4 is 10.2 Å². The fourth-order valence-electron chi connectivity index (χ4n) is 1.87. The van der Waals surface area contributed by atoms with Gasteiger partial charge in [0.25, 0.3) is 0 Å². The van der Waals surface area contributed by atoms with Crippen LogP contribution in [0, 0.1) is 0 Å². The molecule has 0 unspecified atom stereocenters. The zero-order chi connectivity index (χ0) is 20.5. The summed E-state index contributed by atoms with van der Waals surface area (Å²) in [5, 5.41) is 19.1. The summed E-state index contributed by atoms with van der Waals surface area (Å²) in [4.78, 5) is 33.5. The number of carboxylic acids is 2. The van der Waals surface area contributed by atoms with Crippen molar-refractivity contribution in [2.45, 2.75) is 33.4 Å². The van der Waals surface area contributed by atoms with Crippen LogP contribution in [0.25, 0.3) is 0 Å². The number of alkyl halides is 3. The van der Waals surface area contributed by atoms with Crippen LogP contribution in [0.15, 0.2) is 18.2 Å². The number of anilines is 2. The Hall–Kier alpha value is -2.78. The minimum atomic E-state index is -5.08. The summed E-state index contributed by atoms with van der Waals surface area (Å²) in [6.45, 7) is 7.16. The molecule has 1 aromatic rings. The molecular weight excluding hydrogens is 357 g/mol. The summed E-state index contributed by atoms with van der Waals surface area (Å²) in [6.07, 6.45) is -4.72. The smallest absolute Gasteiger partial charge is 0.478 e. The van der Waals surface area contributed by atoms with Crippen molar-refractivity contribution in [3.05, 3.63) is 23.8 Å². The number of carbonyl (C=O) groups is 3. The molecule has 0 aliphatic carbocycles. The molecule has 0 aliphatic rings. The van der Waals surface area contributed by atoms with Crippen molar-refractivity contribution >= 4 is 29.2 Å². The van der Waals surface area contributed by atoms with Crippen LogP contribution in [0.1, 0.15) is 37.6 Å². The third-order valence-electron chi connectivity index (χ3n) is 3.18. The maximum absolute atomic E-state index is 11.3. The zero-order valence-electron chi connectivity index (χ0n) is 14.6. The van der Waals surface area contributed by atoms with E-state index in [0.29, 0.717) is 17.8 Å². The average Bonchev–Trinajstić information content (AvgIpc) is 2.56. The maximum atomic E-state index is 11.3. The van der Waals surface area contributed by atoms with E-state index in [9.17, 15) is 27.9 Å². The van der Waals surface area contributed by atoms with Gasteiger partial charge in [-0.25, -0.2) is 9.59 Å². The van der Waals surface area contributed by atoms with Crippen molar-refractivity contribution in [2.75, 3.05) is 23.3 Å². The fourth-order valence-corrected chi connectivity index (χ4v) is 1.87. The SMILES string of the molecule is CCC(=O)Nc1ccc(N(CC)CC)c(C(=O)O)c1.O=C(O)C(F)(F)F. The standard InChI is InChI=1S/C14H20N2O3.C2HF3O2/c1-4-13(17)15-10-7-8-12(16(5-2)6-3)11(9-10)14(18)19;3-2(4,5)1(6)7/h7-9H,4-6H2,1-3H3,(H,15,17)(H,18,19);(H,6,7). The number of benzene rings is 1. The Balaban J connectivity index is 0.000000758.